The minimum atomic E-state index is -3.40. The second-order valence-electron chi connectivity index (χ2n) is 5.31. The van der Waals surface area contributed by atoms with E-state index in [1.165, 1.54) is 0 Å². The van der Waals surface area contributed by atoms with Gasteiger partial charge in [-0.15, -0.1) is 0 Å². The highest BCUT2D eigenvalue weighted by Gasteiger charge is 2.28. The van der Waals surface area contributed by atoms with Crippen molar-refractivity contribution < 1.29 is 18.8 Å². The quantitative estimate of drug-likeness (QED) is 0.427. The Hall–Kier alpha value is -1.81. The summed E-state index contributed by atoms with van der Waals surface area (Å²) in [7, 11) is -3.40. The van der Waals surface area contributed by atoms with Crippen molar-refractivity contribution >= 4 is 7.60 Å². The van der Waals surface area contributed by atoms with Gasteiger partial charge in [0.25, 0.3) is 0 Å². The van der Waals surface area contributed by atoms with Crippen molar-refractivity contribution in [2.24, 2.45) is 0 Å². The summed E-state index contributed by atoms with van der Waals surface area (Å²) in [5.41, 5.74) is 3.84. The first-order chi connectivity index (χ1) is 11.0. The number of para-hydroxylation sites is 2. The van der Waals surface area contributed by atoms with Gasteiger partial charge in [0.15, 0.2) is 0 Å². The molecular weight excluding hydrogens is 313 g/mol. The van der Waals surface area contributed by atoms with Gasteiger partial charge >= 0.3 is 7.60 Å². The van der Waals surface area contributed by atoms with E-state index in [1.54, 1.807) is 12.1 Å². The molecule has 0 saturated heterocycles. The Morgan fingerprint density at radius 1 is 0.957 bits per heavy atom. The molecule has 0 aliphatic carbocycles. The molecule has 2 rings (SSSR count). The monoisotopic (exact) mass is 335 g/mol. The van der Waals surface area contributed by atoms with Crippen LogP contribution >= 0.6 is 7.60 Å². The number of rotatable bonds is 8. The number of hydrogen-bond acceptors (Lipinski definition) is 5. The zero-order chi connectivity index (χ0) is 16.7. The van der Waals surface area contributed by atoms with E-state index >= 15 is 0 Å². The van der Waals surface area contributed by atoms with E-state index in [9.17, 15) is 4.57 Å². The van der Waals surface area contributed by atoms with Gasteiger partial charge in [0.1, 0.15) is 11.5 Å². The second kappa shape index (κ2) is 8.16. The molecule has 2 aromatic carbocycles. The molecule has 0 aromatic heterocycles. The third-order valence-corrected chi connectivity index (χ3v) is 5.20. The highest BCUT2D eigenvalue weighted by molar-refractivity contribution is 7.54. The van der Waals surface area contributed by atoms with Crippen molar-refractivity contribution in [1.82, 2.24) is 5.48 Å². The van der Waals surface area contributed by atoms with E-state index < -0.39 is 7.60 Å². The first-order valence-corrected chi connectivity index (χ1v) is 9.23. The molecule has 0 unspecified atom stereocenters. The van der Waals surface area contributed by atoms with Crippen LogP contribution in [0.25, 0.3) is 0 Å². The predicted molar refractivity (Wildman–Crippen MR) is 90.5 cm³/mol. The van der Waals surface area contributed by atoms with Gasteiger partial charge in [0, 0.05) is 6.54 Å². The number of nitrogens with one attached hydrogen (secondary N) is 1. The van der Waals surface area contributed by atoms with E-state index in [0.29, 0.717) is 24.5 Å². The van der Waals surface area contributed by atoms with Gasteiger partial charge in [-0.25, -0.2) is 10.0 Å². The Kier molecular flexibility index (Phi) is 6.22. The summed E-state index contributed by atoms with van der Waals surface area (Å²) in [5.74, 6) is 1.09. The molecule has 2 N–H and O–H groups in total. The van der Waals surface area contributed by atoms with Crippen LogP contribution in [0.5, 0.6) is 11.5 Å². The first-order valence-electron chi connectivity index (χ1n) is 7.50. The summed E-state index contributed by atoms with van der Waals surface area (Å²) in [6, 6.07) is 14.8. The van der Waals surface area contributed by atoms with Crippen LogP contribution in [-0.4, -0.2) is 17.9 Å². The van der Waals surface area contributed by atoms with Crippen LogP contribution in [0, 0.1) is 13.8 Å². The number of hydroxylamine groups is 1. The molecule has 0 saturated carbocycles. The summed E-state index contributed by atoms with van der Waals surface area (Å²) in [5, 5.41) is 8.71. The van der Waals surface area contributed by atoms with Gasteiger partial charge in [0.05, 0.1) is 6.16 Å². The lowest BCUT2D eigenvalue weighted by molar-refractivity contribution is 0.167. The van der Waals surface area contributed by atoms with Crippen LogP contribution < -0.4 is 14.5 Å². The lowest BCUT2D eigenvalue weighted by Crippen LogP contribution is -2.13. The van der Waals surface area contributed by atoms with E-state index in [4.69, 9.17) is 14.3 Å². The van der Waals surface area contributed by atoms with Crippen LogP contribution in [0.1, 0.15) is 17.5 Å². The molecule has 124 valence electrons. The first kappa shape index (κ1) is 17.5. The summed E-state index contributed by atoms with van der Waals surface area (Å²) < 4.78 is 24.7. The van der Waals surface area contributed by atoms with Gasteiger partial charge < -0.3 is 14.3 Å². The largest absolute Gasteiger partial charge is 0.430 e. The molecule has 0 fully saturated rings. The smallest absolute Gasteiger partial charge is 0.416 e. The standard InChI is InChI=1S/C17H22NO4P/c1-14-8-3-5-10-16(14)21-23(20,13-7-12-18-19)22-17-11-6-4-9-15(17)2/h3-6,8-11,18-19H,7,12-13H2,1-2H3. The number of benzene rings is 2. The topological polar surface area (TPSA) is 67.8 Å². The summed E-state index contributed by atoms with van der Waals surface area (Å²) in [6.07, 6.45) is 0.661. The van der Waals surface area contributed by atoms with Gasteiger partial charge in [0.2, 0.25) is 0 Å². The normalized spacial score (nSPS) is 11.3. The minimum absolute atomic E-state index is 0.198. The van der Waals surface area contributed by atoms with E-state index in [2.05, 4.69) is 5.48 Å². The summed E-state index contributed by atoms with van der Waals surface area (Å²) in [4.78, 5) is 0. The van der Waals surface area contributed by atoms with Crippen molar-refractivity contribution in [2.45, 2.75) is 20.3 Å². The van der Waals surface area contributed by atoms with Crippen molar-refractivity contribution in [1.29, 1.82) is 0 Å². The van der Waals surface area contributed by atoms with Crippen LogP contribution in [0.2, 0.25) is 0 Å². The Labute approximate surface area is 136 Å². The summed E-state index contributed by atoms with van der Waals surface area (Å²) >= 11 is 0. The van der Waals surface area contributed by atoms with Gasteiger partial charge in [-0.1, -0.05) is 36.4 Å². The van der Waals surface area contributed by atoms with Crippen molar-refractivity contribution in [2.75, 3.05) is 12.7 Å². The van der Waals surface area contributed by atoms with Crippen molar-refractivity contribution in [3.63, 3.8) is 0 Å². The van der Waals surface area contributed by atoms with Gasteiger partial charge in [-0.3, -0.25) is 0 Å². The van der Waals surface area contributed by atoms with Gasteiger partial charge in [-0.2, -0.15) is 0 Å². The van der Waals surface area contributed by atoms with Crippen LogP contribution in [0.3, 0.4) is 0 Å². The molecule has 0 atom stereocenters. The average molecular weight is 335 g/mol. The number of aryl methyl sites for hydroxylation is 2. The molecular formula is C17H22NO4P. The molecule has 5 nitrogen and oxygen atoms in total. The Bertz CT molecular complexity index is 638. The second-order valence-corrected chi connectivity index (χ2v) is 7.34. The molecule has 0 radical (unpaired) electrons. The Morgan fingerprint density at radius 2 is 1.43 bits per heavy atom. The van der Waals surface area contributed by atoms with E-state index in [0.717, 1.165) is 11.1 Å². The minimum Gasteiger partial charge on any atom is -0.416 e. The maximum Gasteiger partial charge on any atom is 0.430 e. The average Bonchev–Trinajstić information content (AvgIpc) is 2.52. The molecule has 0 aliphatic rings. The molecule has 0 aliphatic heterocycles. The third-order valence-electron chi connectivity index (χ3n) is 3.38. The van der Waals surface area contributed by atoms with E-state index in [1.807, 2.05) is 50.2 Å². The molecule has 2 aromatic rings. The van der Waals surface area contributed by atoms with Crippen molar-refractivity contribution in [3.05, 3.63) is 59.7 Å². The van der Waals surface area contributed by atoms with E-state index in [-0.39, 0.29) is 6.16 Å². The fourth-order valence-electron chi connectivity index (χ4n) is 2.08. The fraction of sp³-hybridized carbons (Fsp3) is 0.294. The molecule has 23 heavy (non-hydrogen) atoms. The Morgan fingerprint density at radius 3 is 1.87 bits per heavy atom. The zero-order valence-corrected chi connectivity index (χ0v) is 14.3. The zero-order valence-electron chi connectivity index (χ0n) is 13.4. The Balaban J connectivity index is 2.23. The summed E-state index contributed by atoms with van der Waals surface area (Å²) in [6.45, 7) is 4.10. The molecule has 6 heteroatoms. The molecule has 0 bridgehead atoms. The number of hydrogen-bond donors (Lipinski definition) is 2. The fourth-order valence-corrected chi connectivity index (χ4v) is 3.85. The maximum atomic E-state index is 13.2. The third kappa shape index (κ3) is 5.10. The van der Waals surface area contributed by atoms with Gasteiger partial charge in [-0.05, 0) is 43.5 Å². The lowest BCUT2D eigenvalue weighted by atomic mass is 10.2. The maximum absolute atomic E-state index is 13.2. The van der Waals surface area contributed by atoms with Crippen LogP contribution in [0.15, 0.2) is 48.5 Å². The van der Waals surface area contributed by atoms with Crippen molar-refractivity contribution in [3.8, 4) is 11.5 Å². The lowest BCUT2D eigenvalue weighted by Gasteiger charge is -2.22. The van der Waals surface area contributed by atoms with Crippen LogP contribution in [-0.2, 0) is 4.57 Å². The van der Waals surface area contributed by atoms with Crippen LogP contribution in [0.4, 0.5) is 0 Å². The molecule has 0 amide bonds. The highest BCUT2D eigenvalue weighted by Crippen LogP contribution is 2.50. The molecule has 0 spiro atoms. The highest BCUT2D eigenvalue weighted by atomic mass is 31.2. The molecule has 0 heterocycles. The predicted octanol–water partition coefficient (Wildman–Crippen LogP) is 4.32. The SMILES string of the molecule is Cc1ccccc1OP(=O)(CCCNO)Oc1ccccc1C.